The van der Waals surface area contributed by atoms with Crippen molar-refractivity contribution in [3.63, 3.8) is 0 Å². The first-order chi connectivity index (χ1) is 12.6. The maximum atomic E-state index is 12.9. The van der Waals surface area contributed by atoms with Crippen molar-refractivity contribution >= 4 is 17.2 Å². The molecule has 1 saturated heterocycles. The van der Waals surface area contributed by atoms with Gasteiger partial charge in [0.15, 0.2) is 0 Å². The molecule has 1 atom stereocenters. The molecule has 2 aromatic heterocycles. The highest BCUT2D eigenvalue weighted by atomic mass is 32.1. The lowest BCUT2D eigenvalue weighted by atomic mass is 10.0. The summed E-state index contributed by atoms with van der Waals surface area (Å²) >= 11 is 1.69. The summed E-state index contributed by atoms with van der Waals surface area (Å²) in [6.07, 6.45) is 1.81. The molecule has 0 aliphatic carbocycles. The van der Waals surface area contributed by atoms with Gasteiger partial charge in [0.2, 0.25) is 0 Å². The van der Waals surface area contributed by atoms with Crippen molar-refractivity contribution in [2.75, 3.05) is 26.2 Å². The van der Waals surface area contributed by atoms with E-state index in [9.17, 15) is 9.90 Å². The quantitative estimate of drug-likeness (QED) is 0.888. The largest absolute Gasteiger partial charge is 0.396 e. The summed E-state index contributed by atoms with van der Waals surface area (Å²) in [7, 11) is 0. The van der Waals surface area contributed by atoms with Crippen LogP contribution in [0.5, 0.6) is 0 Å². The summed E-state index contributed by atoms with van der Waals surface area (Å²) < 4.78 is 5.27. The van der Waals surface area contributed by atoms with E-state index in [0.717, 1.165) is 56.0 Å². The Morgan fingerprint density at radius 3 is 2.96 bits per heavy atom. The van der Waals surface area contributed by atoms with E-state index in [1.165, 1.54) is 16.0 Å². The average Bonchev–Trinajstić information content (AvgIpc) is 3.36. The molecule has 0 aromatic carbocycles. The second-order valence-corrected chi connectivity index (χ2v) is 8.37. The van der Waals surface area contributed by atoms with E-state index in [4.69, 9.17) is 4.52 Å². The maximum absolute atomic E-state index is 12.9. The van der Waals surface area contributed by atoms with E-state index in [1.807, 2.05) is 24.1 Å². The van der Waals surface area contributed by atoms with E-state index in [2.05, 4.69) is 10.1 Å². The summed E-state index contributed by atoms with van der Waals surface area (Å²) in [6, 6.07) is 0. The van der Waals surface area contributed by atoms with Crippen molar-refractivity contribution in [2.24, 2.45) is 5.92 Å². The Kier molecular flexibility index (Phi) is 4.86. The smallest absolute Gasteiger partial charge is 0.254 e. The van der Waals surface area contributed by atoms with Crippen LogP contribution >= 0.6 is 11.3 Å². The van der Waals surface area contributed by atoms with E-state index in [0.29, 0.717) is 6.54 Å². The molecule has 140 valence electrons. The molecule has 1 amide bonds. The topological polar surface area (TPSA) is 69.8 Å². The zero-order valence-electron chi connectivity index (χ0n) is 15.3. The highest BCUT2D eigenvalue weighted by molar-refractivity contribution is 7.10. The highest BCUT2D eigenvalue weighted by Crippen LogP contribution is 2.31. The highest BCUT2D eigenvalue weighted by Gasteiger charge is 2.30. The fourth-order valence-electron chi connectivity index (χ4n) is 3.98. The monoisotopic (exact) mass is 375 g/mol. The minimum absolute atomic E-state index is 0.137. The number of hydrogen-bond acceptors (Lipinski definition) is 6. The van der Waals surface area contributed by atoms with Crippen molar-refractivity contribution in [3.8, 4) is 0 Å². The second-order valence-electron chi connectivity index (χ2n) is 7.40. The Labute approximate surface area is 157 Å². The number of carbonyl (C=O) groups excluding carboxylic acids is 1. The summed E-state index contributed by atoms with van der Waals surface area (Å²) in [5.74, 6) is 1.26. The van der Waals surface area contributed by atoms with Crippen LogP contribution in [0, 0.1) is 19.8 Å². The Hall–Kier alpha value is -1.70. The van der Waals surface area contributed by atoms with Crippen LogP contribution in [0.25, 0.3) is 0 Å². The van der Waals surface area contributed by atoms with Gasteiger partial charge in [0.25, 0.3) is 5.91 Å². The lowest BCUT2D eigenvalue weighted by Gasteiger charge is -2.27. The first kappa shape index (κ1) is 17.7. The zero-order chi connectivity index (χ0) is 18.3. The fraction of sp³-hybridized carbons (Fsp3) is 0.579. The molecule has 0 radical (unpaired) electrons. The molecule has 2 aromatic rings. The number of amides is 1. The molecule has 4 heterocycles. The van der Waals surface area contributed by atoms with Crippen LogP contribution < -0.4 is 0 Å². The van der Waals surface area contributed by atoms with Crippen LogP contribution in [-0.4, -0.2) is 52.2 Å². The number of fused-ring (bicyclic) bond motifs is 1. The maximum Gasteiger partial charge on any atom is 0.254 e. The average molecular weight is 375 g/mol. The van der Waals surface area contributed by atoms with Crippen LogP contribution in [0.4, 0.5) is 0 Å². The number of aryl methyl sites for hydroxylation is 2. The van der Waals surface area contributed by atoms with Crippen molar-refractivity contribution in [2.45, 2.75) is 39.8 Å². The summed E-state index contributed by atoms with van der Waals surface area (Å²) in [6.45, 7) is 8.20. The van der Waals surface area contributed by atoms with Crippen LogP contribution in [0.2, 0.25) is 0 Å². The Morgan fingerprint density at radius 2 is 2.27 bits per heavy atom. The van der Waals surface area contributed by atoms with Crippen molar-refractivity contribution in [3.05, 3.63) is 38.4 Å². The first-order valence-corrected chi connectivity index (χ1v) is 10.1. The normalized spacial score (nSPS) is 20.6. The van der Waals surface area contributed by atoms with Gasteiger partial charge in [-0.15, -0.1) is 11.3 Å². The summed E-state index contributed by atoms with van der Waals surface area (Å²) in [4.78, 5) is 18.5. The van der Waals surface area contributed by atoms with Gasteiger partial charge in [0, 0.05) is 61.1 Å². The summed E-state index contributed by atoms with van der Waals surface area (Å²) in [5, 5.41) is 15.4. The SMILES string of the molecule is Cc1noc(C)c1CN1CCc2c(C(=O)N3CC[C@@H](CO)C3)csc2C1. The Morgan fingerprint density at radius 1 is 1.42 bits per heavy atom. The van der Waals surface area contributed by atoms with Gasteiger partial charge in [-0.05, 0) is 32.3 Å². The number of aliphatic hydroxyl groups excluding tert-OH is 1. The number of rotatable bonds is 4. The molecule has 0 saturated carbocycles. The predicted molar refractivity (Wildman–Crippen MR) is 99.2 cm³/mol. The minimum Gasteiger partial charge on any atom is -0.396 e. The molecule has 2 aliphatic heterocycles. The minimum atomic E-state index is 0.137. The van der Waals surface area contributed by atoms with Gasteiger partial charge < -0.3 is 14.5 Å². The molecular weight excluding hydrogens is 350 g/mol. The number of carbonyl (C=O) groups is 1. The van der Waals surface area contributed by atoms with Crippen molar-refractivity contribution in [1.82, 2.24) is 15.0 Å². The van der Waals surface area contributed by atoms with Crippen LogP contribution in [-0.2, 0) is 19.5 Å². The number of aromatic nitrogens is 1. The molecule has 1 N–H and O–H groups in total. The van der Waals surface area contributed by atoms with Gasteiger partial charge in [-0.25, -0.2) is 0 Å². The van der Waals surface area contributed by atoms with Gasteiger partial charge >= 0.3 is 0 Å². The van der Waals surface area contributed by atoms with E-state index in [1.54, 1.807) is 11.3 Å². The van der Waals surface area contributed by atoms with Gasteiger partial charge in [-0.2, -0.15) is 0 Å². The number of hydrogen-bond donors (Lipinski definition) is 1. The first-order valence-electron chi connectivity index (χ1n) is 9.20. The van der Waals surface area contributed by atoms with Crippen molar-refractivity contribution < 1.29 is 14.4 Å². The standard InChI is InChI=1S/C19H25N3O3S/c1-12-16(13(2)25-20-12)8-21-5-4-15-17(11-26-18(15)9-21)19(24)22-6-3-14(7-22)10-23/h11,14,23H,3-10H2,1-2H3/t14-/m1/s1. The lowest BCUT2D eigenvalue weighted by molar-refractivity contribution is 0.0780. The zero-order valence-corrected chi connectivity index (χ0v) is 16.1. The van der Waals surface area contributed by atoms with Gasteiger partial charge in [0.1, 0.15) is 5.76 Å². The third-order valence-corrected chi connectivity index (χ3v) is 6.66. The number of aliphatic hydroxyl groups is 1. The van der Waals surface area contributed by atoms with Gasteiger partial charge in [-0.3, -0.25) is 9.69 Å². The Bertz CT molecular complexity index is 794. The molecule has 6 nitrogen and oxygen atoms in total. The number of nitrogens with zero attached hydrogens (tertiary/aromatic N) is 3. The molecule has 0 unspecified atom stereocenters. The molecule has 7 heteroatoms. The molecule has 26 heavy (non-hydrogen) atoms. The molecule has 1 fully saturated rings. The lowest BCUT2D eigenvalue weighted by Crippen LogP contribution is -2.32. The van der Waals surface area contributed by atoms with Gasteiger partial charge in [0.05, 0.1) is 11.3 Å². The van der Waals surface area contributed by atoms with E-state index < -0.39 is 0 Å². The molecule has 0 bridgehead atoms. The third-order valence-electron chi connectivity index (χ3n) is 5.65. The van der Waals surface area contributed by atoms with E-state index in [-0.39, 0.29) is 18.4 Å². The molecule has 2 aliphatic rings. The van der Waals surface area contributed by atoms with Crippen molar-refractivity contribution in [1.29, 1.82) is 0 Å². The van der Waals surface area contributed by atoms with E-state index >= 15 is 0 Å². The molecule has 0 spiro atoms. The third kappa shape index (κ3) is 3.19. The fourth-order valence-corrected chi connectivity index (χ4v) is 5.10. The number of thiophene rings is 1. The predicted octanol–water partition coefficient (Wildman–Crippen LogP) is 2.37. The van der Waals surface area contributed by atoms with Crippen LogP contribution in [0.3, 0.4) is 0 Å². The van der Waals surface area contributed by atoms with Gasteiger partial charge in [-0.1, -0.05) is 5.16 Å². The molecular formula is C19H25N3O3S. The molecule has 4 rings (SSSR count). The van der Waals surface area contributed by atoms with Crippen LogP contribution in [0.1, 0.15) is 44.2 Å². The summed E-state index contributed by atoms with van der Waals surface area (Å²) in [5.41, 5.74) is 4.24. The van der Waals surface area contributed by atoms with Crippen LogP contribution in [0.15, 0.2) is 9.90 Å². The second kappa shape index (κ2) is 7.13. The number of likely N-dealkylation sites (tertiary alicyclic amines) is 1. The Balaban J connectivity index is 1.46.